The van der Waals surface area contributed by atoms with E-state index in [4.69, 9.17) is 0 Å². The molecule has 4 rings (SSSR count). The molecule has 3 heteroatoms. The van der Waals surface area contributed by atoms with E-state index in [2.05, 4.69) is 49.5 Å². The van der Waals surface area contributed by atoms with E-state index >= 15 is 0 Å². The maximum Gasteiger partial charge on any atom is 0.256 e. The normalized spacial score (nSPS) is 24.6. The van der Waals surface area contributed by atoms with Crippen LogP contribution in [0.4, 0.5) is 0 Å². The van der Waals surface area contributed by atoms with Gasteiger partial charge in [0.2, 0.25) is 0 Å². The Balaban J connectivity index is 1.74. The Bertz CT molecular complexity index is 753. The third-order valence-corrected chi connectivity index (χ3v) is 5.03. The fraction of sp³-hybridized carbons (Fsp3) is 0.350. The third-order valence-electron chi connectivity index (χ3n) is 5.03. The van der Waals surface area contributed by atoms with E-state index in [0.717, 1.165) is 30.5 Å². The Morgan fingerprint density at radius 1 is 1.04 bits per heavy atom. The second-order valence-corrected chi connectivity index (χ2v) is 7.29. The lowest BCUT2D eigenvalue weighted by Gasteiger charge is -2.34. The molecule has 118 valence electrons. The second-order valence-electron chi connectivity index (χ2n) is 7.29. The zero-order valence-electron chi connectivity index (χ0n) is 13.7. The standard InChI is InChI=1S/C20H22N2O/c1-19(2)14-22-18(23)16-10-6-7-11-17(16)20(22,21-19)13-12-15-8-4-3-5-9-15/h3-11,21H,12-14H2,1-2H3. The van der Waals surface area contributed by atoms with Gasteiger partial charge in [0, 0.05) is 23.2 Å². The molecule has 0 spiro atoms. The van der Waals surface area contributed by atoms with Crippen molar-refractivity contribution < 1.29 is 4.79 Å². The highest BCUT2D eigenvalue weighted by atomic mass is 16.2. The molecule has 1 N–H and O–H groups in total. The van der Waals surface area contributed by atoms with Gasteiger partial charge in [-0.3, -0.25) is 10.1 Å². The van der Waals surface area contributed by atoms with Crippen molar-refractivity contribution in [2.24, 2.45) is 0 Å². The van der Waals surface area contributed by atoms with Gasteiger partial charge in [-0.1, -0.05) is 48.5 Å². The summed E-state index contributed by atoms with van der Waals surface area (Å²) in [5, 5.41) is 3.77. The van der Waals surface area contributed by atoms with Gasteiger partial charge in [0.1, 0.15) is 5.66 Å². The molecule has 2 aliphatic heterocycles. The van der Waals surface area contributed by atoms with Crippen molar-refractivity contribution in [2.75, 3.05) is 6.54 Å². The van der Waals surface area contributed by atoms with Gasteiger partial charge in [-0.15, -0.1) is 0 Å². The molecule has 2 heterocycles. The van der Waals surface area contributed by atoms with Gasteiger partial charge < -0.3 is 4.90 Å². The van der Waals surface area contributed by atoms with Gasteiger partial charge in [-0.05, 0) is 38.3 Å². The van der Waals surface area contributed by atoms with Gasteiger partial charge in [-0.2, -0.15) is 0 Å². The highest BCUT2D eigenvalue weighted by molar-refractivity contribution is 6.00. The van der Waals surface area contributed by atoms with Gasteiger partial charge >= 0.3 is 0 Å². The van der Waals surface area contributed by atoms with Gasteiger partial charge in [0.05, 0.1) is 0 Å². The van der Waals surface area contributed by atoms with E-state index in [0.29, 0.717) is 0 Å². The van der Waals surface area contributed by atoms with Crippen LogP contribution in [0, 0.1) is 0 Å². The van der Waals surface area contributed by atoms with E-state index in [1.165, 1.54) is 5.56 Å². The monoisotopic (exact) mass is 306 g/mol. The van der Waals surface area contributed by atoms with Gasteiger partial charge in [0.15, 0.2) is 0 Å². The number of carbonyl (C=O) groups excluding carboxylic acids is 1. The summed E-state index contributed by atoms with van der Waals surface area (Å²) in [7, 11) is 0. The molecule has 0 aliphatic carbocycles. The molecular formula is C20H22N2O. The van der Waals surface area contributed by atoms with Crippen LogP contribution in [0.2, 0.25) is 0 Å². The molecule has 1 amide bonds. The largest absolute Gasteiger partial charge is 0.314 e. The van der Waals surface area contributed by atoms with Crippen LogP contribution in [-0.2, 0) is 12.1 Å². The van der Waals surface area contributed by atoms with Crippen molar-refractivity contribution >= 4 is 5.91 Å². The van der Waals surface area contributed by atoms with Crippen molar-refractivity contribution in [2.45, 2.75) is 37.9 Å². The fourth-order valence-corrected chi connectivity index (χ4v) is 4.13. The lowest BCUT2D eigenvalue weighted by atomic mass is 9.91. The molecule has 23 heavy (non-hydrogen) atoms. The smallest absolute Gasteiger partial charge is 0.256 e. The maximum absolute atomic E-state index is 12.9. The van der Waals surface area contributed by atoms with E-state index < -0.39 is 0 Å². The minimum absolute atomic E-state index is 0.0696. The number of hydrogen-bond acceptors (Lipinski definition) is 2. The van der Waals surface area contributed by atoms with E-state index in [9.17, 15) is 4.79 Å². The molecule has 0 bridgehead atoms. The van der Waals surface area contributed by atoms with Crippen molar-refractivity contribution in [1.82, 2.24) is 10.2 Å². The summed E-state index contributed by atoms with van der Waals surface area (Å²) in [4.78, 5) is 14.9. The first-order chi connectivity index (χ1) is 11.0. The topological polar surface area (TPSA) is 32.3 Å². The first-order valence-corrected chi connectivity index (χ1v) is 8.27. The zero-order valence-corrected chi connectivity index (χ0v) is 13.7. The Morgan fingerprint density at radius 3 is 2.52 bits per heavy atom. The number of carbonyl (C=O) groups is 1. The summed E-state index contributed by atoms with van der Waals surface area (Å²) in [6.07, 6.45) is 1.84. The minimum Gasteiger partial charge on any atom is -0.314 e. The predicted molar refractivity (Wildman–Crippen MR) is 91.1 cm³/mol. The number of rotatable bonds is 3. The van der Waals surface area contributed by atoms with Crippen LogP contribution in [0.1, 0.15) is 41.8 Å². The minimum atomic E-state index is -0.368. The molecule has 0 radical (unpaired) electrons. The van der Waals surface area contributed by atoms with Crippen LogP contribution in [-0.4, -0.2) is 22.9 Å². The quantitative estimate of drug-likeness (QED) is 0.943. The number of nitrogens with zero attached hydrogens (tertiary/aromatic N) is 1. The number of fused-ring (bicyclic) bond motifs is 3. The highest BCUT2D eigenvalue weighted by Crippen LogP contribution is 2.46. The molecule has 0 aromatic heterocycles. The molecule has 1 unspecified atom stereocenters. The summed E-state index contributed by atoms with van der Waals surface area (Å²) < 4.78 is 0. The fourth-order valence-electron chi connectivity index (χ4n) is 4.13. The summed E-state index contributed by atoms with van der Waals surface area (Å²) in [6, 6.07) is 18.5. The van der Waals surface area contributed by atoms with Crippen LogP contribution < -0.4 is 5.32 Å². The van der Waals surface area contributed by atoms with Crippen molar-refractivity contribution in [3.63, 3.8) is 0 Å². The number of nitrogens with one attached hydrogen (secondary N) is 1. The zero-order chi connectivity index (χ0) is 16.1. The lowest BCUT2D eigenvalue weighted by Crippen LogP contribution is -2.49. The van der Waals surface area contributed by atoms with E-state index in [1.54, 1.807) is 0 Å². The Kier molecular flexibility index (Phi) is 3.10. The number of hydrogen-bond donors (Lipinski definition) is 1. The lowest BCUT2D eigenvalue weighted by molar-refractivity contribution is 0.0612. The Hall–Kier alpha value is -2.13. The molecular weight excluding hydrogens is 284 g/mol. The predicted octanol–water partition coefficient (Wildman–Crippen LogP) is 3.31. The molecule has 2 aromatic rings. The molecule has 1 fully saturated rings. The molecule has 2 aromatic carbocycles. The number of benzene rings is 2. The van der Waals surface area contributed by atoms with Crippen LogP contribution in [0.3, 0.4) is 0 Å². The average Bonchev–Trinajstić information content (AvgIpc) is 2.95. The molecule has 3 nitrogen and oxygen atoms in total. The van der Waals surface area contributed by atoms with E-state index in [-0.39, 0.29) is 17.1 Å². The van der Waals surface area contributed by atoms with Crippen molar-refractivity contribution in [3.8, 4) is 0 Å². The molecule has 1 atom stereocenters. The van der Waals surface area contributed by atoms with E-state index in [1.807, 2.05) is 29.2 Å². The van der Waals surface area contributed by atoms with Gasteiger partial charge in [-0.25, -0.2) is 0 Å². The van der Waals surface area contributed by atoms with Crippen LogP contribution >= 0.6 is 0 Å². The third kappa shape index (κ3) is 2.19. The maximum atomic E-state index is 12.9. The molecule has 1 saturated heterocycles. The highest BCUT2D eigenvalue weighted by Gasteiger charge is 2.56. The SMILES string of the molecule is CC1(C)CN2C(=O)c3ccccc3C2(CCc2ccccc2)N1. The molecule has 0 saturated carbocycles. The second kappa shape index (κ2) is 4.93. The van der Waals surface area contributed by atoms with Crippen molar-refractivity contribution in [3.05, 3.63) is 71.3 Å². The summed E-state index contributed by atoms with van der Waals surface area (Å²) in [6.45, 7) is 5.09. The van der Waals surface area contributed by atoms with Crippen LogP contribution in [0.15, 0.2) is 54.6 Å². The summed E-state index contributed by atoms with van der Waals surface area (Å²) >= 11 is 0. The summed E-state index contributed by atoms with van der Waals surface area (Å²) in [5.41, 5.74) is 2.85. The Labute approximate surface area is 137 Å². The average molecular weight is 306 g/mol. The number of amides is 1. The van der Waals surface area contributed by atoms with Gasteiger partial charge in [0.25, 0.3) is 5.91 Å². The van der Waals surface area contributed by atoms with Crippen LogP contribution in [0.5, 0.6) is 0 Å². The number of aryl methyl sites for hydroxylation is 1. The first-order valence-electron chi connectivity index (χ1n) is 8.27. The van der Waals surface area contributed by atoms with Crippen LogP contribution in [0.25, 0.3) is 0 Å². The molecule has 2 aliphatic rings. The Morgan fingerprint density at radius 2 is 1.74 bits per heavy atom. The van der Waals surface area contributed by atoms with Crippen molar-refractivity contribution in [1.29, 1.82) is 0 Å². The first kappa shape index (κ1) is 14.5. The summed E-state index contributed by atoms with van der Waals surface area (Å²) in [5.74, 6) is 0.159.